The Labute approximate surface area is 232 Å². The monoisotopic (exact) mass is 548 g/mol. The molecule has 39 heavy (non-hydrogen) atoms. The Balaban J connectivity index is 1.57. The predicted molar refractivity (Wildman–Crippen MR) is 146 cm³/mol. The lowest BCUT2D eigenvalue weighted by Gasteiger charge is -2.27. The molecule has 4 rings (SSSR count). The molecule has 1 heterocycles. The minimum Gasteiger partial charge on any atom is -0.490 e. The van der Waals surface area contributed by atoms with E-state index >= 15 is 0 Å². The molecule has 0 aromatic heterocycles. The van der Waals surface area contributed by atoms with Gasteiger partial charge in [-0.2, -0.15) is 5.26 Å². The van der Waals surface area contributed by atoms with Crippen LogP contribution in [-0.2, 0) is 4.79 Å². The van der Waals surface area contributed by atoms with Crippen molar-refractivity contribution in [2.45, 2.75) is 32.6 Å². The van der Waals surface area contributed by atoms with Crippen LogP contribution in [0.4, 0.5) is 0 Å². The summed E-state index contributed by atoms with van der Waals surface area (Å²) < 4.78 is 28.4. The highest BCUT2D eigenvalue weighted by Gasteiger charge is 2.32. The number of rotatable bonds is 11. The van der Waals surface area contributed by atoms with Gasteiger partial charge in [-0.15, -0.1) is 0 Å². The minimum absolute atomic E-state index is 0.0224. The number of carbonyl (C=O) groups excluding carboxylic acids is 1. The normalized spacial score (nSPS) is 14.1. The number of hydrogen-bond donors (Lipinski definition) is 1. The van der Waals surface area contributed by atoms with Crippen molar-refractivity contribution in [2.24, 2.45) is 5.73 Å². The number of unbranched alkanes of at least 4 members (excludes halogenated alkanes) is 1. The molecule has 0 amide bonds. The van der Waals surface area contributed by atoms with Crippen molar-refractivity contribution >= 4 is 17.6 Å². The summed E-state index contributed by atoms with van der Waals surface area (Å²) in [5, 5.41) is 10.5. The van der Waals surface area contributed by atoms with E-state index in [0.29, 0.717) is 46.8 Å². The maximum atomic E-state index is 12.4. The lowest BCUT2D eigenvalue weighted by atomic mass is 9.83. The average Bonchev–Trinajstić information content (AvgIpc) is 2.93. The number of nitriles is 1. The van der Waals surface area contributed by atoms with Crippen molar-refractivity contribution in [1.29, 1.82) is 5.26 Å². The molecule has 1 unspecified atom stereocenters. The summed E-state index contributed by atoms with van der Waals surface area (Å²) >= 11 is 5.87. The zero-order chi connectivity index (χ0) is 27.8. The fourth-order valence-electron chi connectivity index (χ4n) is 4.09. The summed E-state index contributed by atoms with van der Waals surface area (Å²) in [4.78, 5) is 12.4. The lowest BCUT2D eigenvalue weighted by Crippen LogP contribution is -2.22. The van der Waals surface area contributed by atoms with Gasteiger partial charge in [0.15, 0.2) is 18.1 Å². The van der Waals surface area contributed by atoms with Gasteiger partial charge >= 0.3 is 5.97 Å². The molecule has 202 valence electrons. The third kappa shape index (κ3) is 6.75. The number of hydrogen-bond acceptors (Lipinski definition) is 8. The molecule has 3 aromatic rings. The van der Waals surface area contributed by atoms with E-state index in [1.807, 2.05) is 25.1 Å². The Bertz CT molecular complexity index is 1400. The Kier molecular flexibility index (Phi) is 9.18. The Morgan fingerprint density at radius 3 is 2.49 bits per heavy atom. The number of allylic oxidation sites excluding steroid dienone is 1. The second-order valence-electron chi connectivity index (χ2n) is 8.68. The van der Waals surface area contributed by atoms with Gasteiger partial charge in [0.05, 0.1) is 19.1 Å². The lowest BCUT2D eigenvalue weighted by molar-refractivity contribution is -0.136. The predicted octanol–water partition coefficient (Wildman–Crippen LogP) is 6.12. The average molecular weight is 549 g/mol. The zero-order valence-electron chi connectivity index (χ0n) is 21.7. The maximum absolute atomic E-state index is 12.4. The number of benzene rings is 3. The fraction of sp³-hybridized carbons (Fsp3) is 0.267. The number of esters is 1. The minimum atomic E-state index is -0.599. The molecule has 0 radical (unpaired) electrons. The van der Waals surface area contributed by atoms with E-state index in [2.05, 4.69) is 13.0 Å². The van der Waals surface area contributed by atoms with Crippen LogP contribution in [0.15, 0.2) is 72.1 Å². The first-order chi connectivity index (χ1) is 18.9. The third-order valence-electron chi connectivity index (χ3n) is 5.95. The largest absolute Gasteiger partial charge is 0.490 e. The van der Waals surface area contributed by atoms with Gasteiger partial charge in [0.1, 0.15) is 28.9 Å². The molecule has 1 atom stereocenters. The Morgan fingerprint density at radius 1 is 1.00 bits per heavy atom. The number of carbonyl (C=O) groups is 1. The quantitative estimate of drug-likeness (QED) is 0.173. The van der Waals surface area contributed by atoms with Crippen molar-refractivity contribution in [3.8, 4) is 34.8 Å². The smallest absolute Gasteiger partial charge is 0.349 e. The molecule has 0 spiro atoms. The summed E-state index contributed by atoms with van der Waals surface area (Å²) in [6.45, 7) is 4.74. The fourth-order valence-corrected chi connectivity index (χ4v) is 4.22. The number of ether oxygens (including phenoxy) is 5. The molecule has 3 aromatic carbocycles. The van der Waals surface area contributed by atoms with E-state index in [1.54, 1.807) is 42.5 Å². The highest BCUT2D eigenvalue weighted by molar-refractivity contribution is 6.30. The number of halogens is 1. The van der Waals surface area contributed by atoms with Crippen LogP contribution in [0, 0.1) is 11.3 Å². The molecule has 0 aliphatic carbocycles. The standard InChI is InChI=1S/C30H29ClN2O6/c1-3-5-14-36-25-13-6-19(15-27(25)35-4-2)29-23-12-11-22(16-26(23)39-30(33)24(29)17-32)38-28(34)18-37-21-9-7-20(31)8-10-21/h6-13,15-16,29H,3-5,14,18,33H2,1-2H3. The second kappa shape index (κ2) is 12.9. The van der Waals surface area contributed by atoms with Crippen LogP contribution in [0.3, 0.4) is 0 Å². The summed E-state index contributed by atoms with van der Waals surface area (Å²) in [6, 6.07) is 19.4. The molecule has 0 saturated heterocycles. The molecule has 0 saturated carbocycles. The van der Waals surface area contributed by atoms with E-state index in [4.69, 9.17) is 41.0 Å². The van der Waals surface area contributed by atoms with E-state index in [-0.39, 0.29) is 23.8 Å². The Morgan fingerprint density at radius 2 is 1.77 bits per heavy atom. The van der Waals surface area contributed by atoms with Gasteiger partial charge < -0.3 is 29.4 Å². The van der Waals surface area contributed by atoms with Crippen LogP contribution in [0.5, 0.6) is 28.7 Å². The third-order valence-corrected chi connectivity index (χ3v) is 6.20. The highest BCUT2D eigenvalue weighted by atomic mass is 35.5. The summed E-state index contributed by atoms with van der Waals surface area (Å²) in [5.74, 6) is 1.20. The van der Waals surface area contributed by atoms with Crippen LogP contribution in [0.1, 0.15) is 43.7 Å². The first kappa shape index (κ1) is 27.7. The summed E-state index contributed by atoms with van der Waals surface area (Å²) in [7, 11) is 0. The SMILES string of the molecule is CCCCOc1ccc(C2C(C#N)=C(N)Oc3cc(OC(=O)COc4ccc(Cl)cc4)ccc32)cc1OCC. The molecule has 8 nitrogen and oxygen atoms in total. The maximum Gasteiger partial charge on any atom is 0.349 e. The van der Waals surface area contributed by atoms with Crippen LogP contribution in [0.25, 0.3) is 0 Å². The van der Waals surface area contributed by atoms with E-state index < -0.39 is 11.9 Å². The van der Waals surface area contributed by atoms with Crippen LogP contribution in [0.2, 0.25) is 5.02 Å². The van der Waals surface area contributed by atoms with Crippen molar-refractivity contribution in [3.05, 3.63) is 88.3 Å². The van der Waals surface area contributed by atoms with Crippen LogP contribution in [-0.4, -0.2) is 25.8 Å². The van der Waals surface area contributed by atoms with Gasteiger partial charge in [0, 0.05) is 16.7 Å². The van der Waals surface area contributed by atoms with Gasteiger partial charge in [-0.1, -0.05) is 37.1 Å². The molecule has 1 aliphatic rings. The van der Waals surface area contributed by atoms with Crippen LogP contribution < -0.4 is 29.4 Å². The molecular weight excluding hydrogens is 520 g/mol. The first-order valence-electron chi connectivity index (χ1n) is 12.6. The van der Waals surface area contributed by atoms with Gasteiger partial charge in [0.2, 0.25) is 5.88 Å². The van der Waals surface area contributed by atoms with E-state index in [0.717, 1.165) is 18.4 Å². The van der Waals surface area contributed by atoms with Gasteiger partial charge in [-0.25, -0.2) is 4.79 Å². The molecule has 0 bridgehead atoms. The van der Waals surface area contributed by atoms with Crippen molar-refractivity contribution in [1.82, 2.24) is 0 Å². The number of fused-ring (bicyclic) bond motifs is 1. The molecule has 2 N–H and O–H groups in total. The number of nitrogens with two attached hydrogens (primary N) is 1. The summed E-state index contributed by atoms with van der Waals surface area (Å²) in [6.07, 6.45) is 1.95. The van der Waals surface area contributed by atoms with Gasteiger partial charge in [0.25, 0.3) is 0 Å². The topological polar surface area (TPSA) is 113 Å². The van der Waals surface area contributed by atoms with E-state index in [9.17, 15) is 10.1 Å². The zero-order valence-corrected chi connectivity index (χ0v) is 22.5. The Hall–Kier alpha value is -4.35. The van der Waals surface area contributed by atoms with E-state index in [1.165, 1.54) is 0 Å². The second-order valence-corrected chi connectivity index (χ2v) is 9.12. The highest BCUT2D eigenvalue weighted by Crippen LogP contribution is 2.45. The van der Waals surface area contributed by atoms with Gasteiger partial charge in [-0.05, 0) is 61.4 Å². The van der Waals surface area contributed by atoms with Crippen molar-refractivity contribution < 1.29 is 28.5 Å². The number of nitrogens with zero attached hydrogens (tertiary/aromatic N) is 1. The molecule has 1 aliphatic heterocycles. The molecule has 9 heteroatoms. The van der Waals surface area contributed by atoms with Crippen LogP contribution >= 0.6 is 11.6 Å². The molecule has 0 fully saturated rings. The first-order valence-corrected chi connectivity index (χ1v) is 13.0. The van der Waals surface area contributed by atoms with Gasteiger partial charge in [-0.3, -0.25) is 0 Å². The van der Waals surface area contributed by atoms with Crippen molar-refractivity contribution in [3.63, 3.8) is 0 Å². The molecular formula is C30H29ClN2O6. The van der Waals surface area contributed by atoms with Crippen molar-refractivity contribution in [2.75, 3.05) is 19.8 Å². The summed E-state index contributed by atoms with van der Waals surface area (Å²) in [5.41, 5.74) is 7.90.